The van der Waals surface area contributed by atoms with Crippen molar-refractivity contribution in [1.29, 1.82) is 0 Å². The van der Waals surface area contributed by atoms with Gasteiger partial charge in [0.15, 0.2) is 0 Å². The van der Waals surface area contributed by atoms with Gasteiger partial charge in [-0.15, -0.1) is 0 Å². The number of rotatable bonds is 8. The number of amides is 1. The summed E-state index contributed by atoms with van der Waals surface area (Å²) in [4.78, 5) is 11.3. The van der Waals surface area contributed by atoms with Crippen LogP contribution >= 0.6 is 0 Å². The summed E-state index contributed by atoms with van der Waals surface area (Å²) in [5.41, 5.74) is 0. The predicted octanol–water partition coefficient (Wildman–Crippen LogP) is 1.29. The minimum absolute atomic E-state index is 0.160. The molecule has 0 unspecified atom stereocenters. The molecular formula is C12H22N2O. The molecule has 2 fully saturated rings. The van der Waals surface area contributed by atoms with Crippen LogP contribution in [-0.4, -0.2) is 25.5 Å². The lowest BCUT2D eigenvalue weighted by Gasteiger charge is -2.05. The standard InChI is InChI=1S/C12H22N2O/c15-12(14-8-11-5-6-11)9-13-7-1-2-10-3-4-10/h10-11,13H,1-9H2,(H,14,15). The molecule has 0 aromatic rings. The van der Waals surface area contributed by atoms with Gasteiger partial charge in [0.05, 0.1) is 6.54 Å². The first-order valence-corrected chi connectivity index (χ1v) is 6.32. The van der Waals surface area contributed by atoms with Gasteiger partial charge in [-0.3, -0.25) is 4.79 Å². The van der Waals surface area contributed by atoms with E-state index in [1.165, 1.54) is 38.5 Å². The highest BCUT2D eigenvalue weighted by Gasteiger charge is 2.21. The summed E-state index contributed by atoms with van der Waals surface area (Å²) in [5, 5.41) is 6.16. The van der Waals surface area contributed by atoms with E-state index in [0.717, 1.165) is 24.9 Å². The zero-order valence-electron chi connectivity index (χ0n) is 9.43. The van der Waals surface area contributed by atoms with Crippen molar-refractivity contribution in [3.63, 3.8) is 0 Å². The molecule has 2 N–H and O–H groups in total. The third kappa shape index (κ3) is 5.17. The molecule has 0 spiro atoms. The highest BCUT2D eigenvalue weighted by molar-refractivity contribution is 5.77. The summed E-state index contributed by atoms with van der Waals surface area (Å²) in [5.74, 6) is 1.95. The van der Waals surface area contributed by atoms with E-state index in [1.807, 2.05) is 0 Å². The van der Waals surface area contributed by atoms with E-state index in [1.54, 1.807) is 0 Å². The summed E-state index contributed by atoms with van der Waals surface area (Å²) in [6.45, 7) is 2.38. The Bertz CT molecular complexity index is 210. The lowest BCUT2D eigenvalue weighted by molar-refractivity contribution is -0.120. The first-order chi connectivity index (χ1) is 7.34. The first-order valence-electron chi connectivity index (χ1n) is 6.32. The maximum absolute atomic E-state index is 11.3. The van der Waals surface area contributed by atoms with Gasteiger partial charge >= 0.3 is 0 Å². The lowest BCUT2D eigenvalue weighted by Crippen LogP contribution is -2.35. The fraction of sp³-hybridized carbons (Fsp3) is 0.917. The van der Waals surface area contributed by atoms with Crippen LogP contribution in [0, 0.1) is 11.8 Å². The molecule has 3 heteroatoms. The molecule has 0 atom stereocenters. The van der Waals surface area contributed by atoms with Crippen molar-refractivity contribution in [2.75, 3.05) is 19.6 Å². The van der Waals surface area contributed by atoms with Gasteiger partial charge in [-0.05, 0) is 44.1 Å². The van der Waals surface area contributed by atoms with Crippen molar-refractivity contribution < 1.29 is 4.79 Å². The Morgan fingerprint density at radius 3 is 2.53 bits per heavy atom. The second-order valence-corrected chi connectivity index (χ2v) is 5.01. The van der Waals surface area contributed by atoms with Crippen LogP contribution in [0.15, 0.2) is 0 Å². The van der Waals surface area contributed by atoms with Crippen LogP contribution in [-0.2, 0) is 4.79 Å². The molecular weight excluding hydrogens is 188 g/mol. The molecule has 2 aliphatic rings. The first kappa shape index (κ1) is 10.9. The highest BCUT2D eigenvalue weighted by atomic mass is 16.1. The van der Waals surface area contributed by atoms with Gasteiger partial charge < -0.3 is 10.6 Å². The Balaban J connectivity index is 1.36. The van der Waals surface area contributed by atoms with Crippen LogP contribution < -0.4 is 10.6 Å². The second kappa shape index (κ2) is 5.50. The van der Waals surface area contributed by atoms with Gasteiger partial charge in [-0.1, -0.05) is 12.8 Å². The number of nitrogens with one attached hydrogen (secondary N) is 2. The second-order valence-electron chi connectivity index (χ2n) is 5.01. The summed E-state index contributed by atoms with van der Waals surface area (Å²) in [6, 6.07) is 0. The van der Waals surface area contributed by atoms with E-state index >= 15 is 0 Å². The van der Waals surface area contributed by atoms with Crippen molar-refractivity contribution in [3.8, 4) is 0 Å². The van der Waals surface area contributed by atoms with Crippen LogP contribution in [0.1, 0.15) is 38.5 Å². The number of carbonyl (C=O) groups is 1. The molecule has 3 nitrogen and oxygen atoms in total. The fourth-order valence-corrected chi connectivity index (χ4v) is 1.77. The smallest absolute Gasteiger partial charge is 0.233 e. The third-order valence-electron chi connectivity index (χ3n) is 3.23. The average Bonchev–Trinajstić information content (AvgIpc) is 3.08. The molecule has 0 saturated heterocycles. The van der Waals surface area contributed by atoms with Crippen molar-refractivity contribution in [2.24, 2.45) is 11.8 Å². The number of carbonyl (C=O) groups excluding carboxylic acids is 1. The Kier molecular flexibility index (Phi) is 4.01. The largest absolute Gasteiger partial charge is 0.355 e. The minimum Gasteiger partial charge on any atom is -0.355 e. The molecule has 0 heterocycles. The van der Waals surface area contributed by atoms with Crippen LogP contribution in [0.4, 0.5) is 0 Å². The summed E-state index contributed by atoms with van der Waals surface area (Å²) in [6.07, 6.45) is 8.03. The van der Waals surface area contributed by atoms with E-state index in [4.69, 9.17) is 0 Å². The Morgan fingerprint density at radius 1 is 1.13 bits per heavy atom. The molecule has 2 rings (SSSR count). The van der Waals surface area contributed by atoms with Gasteiger partial charge in [0.2, 0.25) is 5.91 Å². The topological polar surface area (TPSA) is 41.1 Å². The van der Waals surface area contributed by atoms with Crippen LogP contribution in [0.3, 0.4) is 0 Å². The highest BCUT2D eigenvalue weighted by Crippen LogP contribution is 2.33. The van der Waals surface area contributed by atoms with Gasteiger partial charge in [0.1, 0.15) is 0 Å². The quantitative estimate of drug-likeness (QED) is 0.593. The SMILES string of the molecule is O=C(CNCCCC1CC1)NCC1CC1. The van der Waals surface area contributed by atoms with Gasteiger partial charge in [-0.2, -0.15) is 0 Å². The zero-order valence-corrected chi connectivity index (χ0v) is 9.43. The van der Waals surface area contributed by atoms with E-state index in [2.05, 4.69) is 10.6 Å². The predicted molar refractivity (Wildman–Crippen MR) is 60.6 cm³/mol. The van der Waals surface area contributed by atoms with Gasteiger partial charge in [0.25, 0.3) is 0 Å². The summed E-state index contributed by atoms with van der Waals surface area (Å²) < 4.78 is 0. The third-order valence-corrected chi connectivity index (χ3v) is 3.23. The monoisotopic (exact) mass is 210 g/mol. The Morgan fingerprint density at radius 2 is 1.87 bits per heavy atom. The Labute approximate surface area is 92.0 Å². The minimum atomic E-state index is 0.160. The van der Waals surface area contributed by atoms with Crippen molar-refractivity contribution >= 4 is 5.91 Å². The normalized spacial score (nSPS) is 20.3. The summed E-state index contributed by atoms with van der Waals surface area (Å²) in [7, 11) is 0. The zero-order chi connectivity index (χ0) is 10.5. The average molecular weight is 210 g/mol. The van der Waals surface area contributed by atoms with E-state index in [9.17, 15) is 4.79 Å². The van der Waals surface area contributed by atoms with E-state index in [0.29, 0.717) is 6.54 Å². The van der Waals surface area contributed by atoms with E-state index < -0.39 is 0 Å². The molecule has 1 amide bonds. The summed E-state index contributed by atoms with van der Waals surface area (Å²) >= 11 is 0. The van der Waals surface area contributed by atoms with Crippen molar-refractivity contribution in [1.82, 2.24) is 10.6 Å². The van der Waals surface area contributed by atoms with Crippen molar-refractivity contribution in [2.45, 2.75) is 38.5 Å². The molecule has 0 aliphatic heterocycles. The number of hydrogen-bond donors (Lipinski definition) is 2. The molecule has 0 aromatic carbocycles. The van der Waals surface area contributed by atoms with Gasteiger partial charge in [0, 0.05) is 6.54 Å². The molecule has 0 radical (unpaired) electrons. The number of hydrogen-bond acceptors (Lipinski definition) is 2. The molecule has 2 aliphatic carbocycles. The Hall–Kier alpha value is -0.570. The van der Waals surface area contributed by atoms with Crippen molar-refractivity contribution in [3.05, 3.63) is 0 Å². The van der Waals surface area contributed by atoms with Crippen LogP contribution in [0.25, 0.3) is 0 Å². The molecule has 0 bridgehead atoms. The maximum Gasteiger partial charge on any atom is 0.233 e. The van der Waals surface area contributed by atoms with Gasteiger partial charge in [-0.25, -0.2) is 0 Å². The molecule has 0 aromatic heterocycles. The molecule has 2 saturated carbocycles. The molecule has 86 valence electrons. The maximum atomic E-state index is 11.3. The van der Waals surface area contributed by atoms with E-state index in [-0.39, 0.29) is 5.91 Å². The molecule has 15 heavy (non-hydrogen) atoms. The van der Waals surface area contributed by atoms with Crippen LogP contribution in [0.2, 0.25) is 0 Å². The van der Waals surface area contributed by atoms with Crippen LogP contribution in [0.5, 0.6) is 0 Å². The lowest BCUT2D eigenvalue weighted by atomic mass is 10.2. The fourth-order valence-electron chi connectivity index (χ4n) is 1.77.